The molecule has 1 heterocycles. The van der Waals surface area contributed by atoms with E-state index in [1.807, 2.05) is 0 Å². The Morgan fingerprint density at radius 3 is 2.59 bits per heavy atom. The molecule has 0 aliphatic heterocycles. The van der Waals surface area contributed by atoms with Crippen LogP contribution in [0.25, 0.3) is 11.3 Å². The molecule has 17 heavy (non-hydrogen) atoms. The van der Waals surface area contributed by atoms with Crippen molar-refractivity contribution in [2.24, 2.45) is 0 Å². The van der Waals surface area contributed by atoms with Crippen molar-refractivity contribution >= 4 is 0 Å². The Bertz CT molecular complexity index is 512. The van der Waals surface area contributed by atoms with E-state index in [0.29, 0.717) is 12.2 Å². The van der Waals surface area contributed by atoms with Crippen LogP contribution in [-0.2, 0) is 6.54 Å². The van der Waals surface area contributed by atoms with E-state index in [4.69, 9.17) is 0 Å². The van der Waals surface area contributed by atoms with Crippen molar-refractivity contribution in [1.29, 1.82) is 0 Å². The Morgan fingerprint density at radius 2 is 1.94 bits per heavy atom. The molecule has 3 nitrogen and oxygen atoms in total. The molecule has 0 amide bonds. The minimum Gasteiger partial charge on any atom is -0.314 e. The number of hydrogen-bond donors (Lipinski definition) is 1. The van der Waals surface area contributed by atoms with Crippen LogP contribution in [0.1, 0.15) is 5.69 Å². The molecule has 0 atom stereocenters. The smallest absolute Gasteiger partial charge is 0.132 e. The largest absolute Gasteiger partial charge is 0.314 e. The average molecular weight is 235 g/mol. The van der Waals surface area contributed by atoms with E-state index in [1.54, 1.807) is 19.2 Å². The predicted octanol–water partition coefficient (Wildman–Crippen LogP) is 2.14. The third kappa shape index (κ3) is 2.62. The first-order valence-corrected chi connectivity index (χ1v) is 5.13. The van der Waals surface area contributed by atoms with Gasteiger partial charge in [-0.05, 0) is 37.4 Å². The van der Waals surface area contributed by atoms with Crippen molar-refractivity contribution in [1.82, 2.24) is 15.5 Å². The van der Waals surface area contributed by atoms with Gasteiger partial charge < -0.3 is 5.32 Å². The summed E-state index contributed by atoms with van der Waals surface area (Å²) in [6.07, 6.45) is 0. The fourth-order valence-electron chi connectivity index (χ4n) is 1.47. The predicted molar refractivity (Wildman–Crippen MR) is 60.1 cm³/mol. The zero-order valence-electron chi connectivity index (χ0n) is 9.24. The van der Waals surface area contributed by atoms with E-state index in [-0.39, 0.29) is 5.56 Å². The van der Waals surface area contributed by atoms with Crippen LogP contribution in [0, 0.1) is 11.6 Å². The second-order valence-electron chi connectivity index (χ2n) is 3.56. The van der Waals surface area contributed by atoms with Gasteiger partial charge in [0.15, 0.2) is 0 Å². The Labute approximate surface area is 97.5 Å². The Balaban J connectivity index is 2.36. The highest BCUT2D eigenvalue weighted by atomic mass is 19.1. The number of benzene rings is 1. The van der Waals surface area contributed by atoms with E-state index >= 15 is 0 Å². The molecule has 2 aromatic rings. The van der Waals surface area contributed by atoms with Crippen molar-refractivity contribution in [2.45, 2.75) is 6.54 Å². The lowest BCUT2D eigenvalue weighted by molar-refractivity contribution is 0.602. The molecule has 0 radical (unpaired) electrons. The van der Waals surface area contributed by atoms with E-state index in [9.17, 15) is 8.78 Å². The number of nitrogens with zero attached hydrogens (tertiary/aromatic N) is 2. The van der Waals surface area contributed by atoms with Crippen LogP contribution < -0.4 is 5.32 Å². The quantitative estimate of drug-likeness (QED) is 0.885. The van der Waals surface area contributed by atoms with Crippen LogP contribution in [-0.4, -0.2) is 17.2 Å². The van der Waals surface area contributed by atoms with Crippen molar-refractivity contribution < 1.29 is 8.78 Å². The molecule has 1 N–H and O–H groups in total. The zero-order valence-corrected chi connectivity index (χ0v) is 9.24. The molecule has 88 valence electrons. The minimum atomic E-state index is -0.512. The van der Waals surface area contributed by atoms with Crippen LogP contribution in [0.2, 0.25) is 0 Å². The van der Waals surface area contributed by atoms with Gasteiger partial charge in [0, 0.05) is 12.1 Å². The molecule has 1 aromatic heterocycles. The summed E-state index contributed by atoms with van der Waals surface area (Å²) in [4.78, 5) is 0. The monoisotopic (exact) mass is 235 g/mol. The molecule has 5 heteroatoms. The second-order valence-corrected chi connectivity index (χ2v) is 3.56. The number of rotatable bonds is 3. The topological polar surface area (TPSA) is 37.8 Å². The summed E-state index contributed by atoms with van der Waals surface area (Å²) < 4.78 is 26.5. The van der Waals surface area contributed by atoms with Crippen molar-refractivity contribution in [2.75, 3.05) is 7.05 Å². The normalized spacial score (nSPS) is 10.5. The van der Waals surface area contributed by atoms with Crippen molar-refractivity contribution in [3.8, 4) is 11.3 Å². The van der Waals surface area contributed by atoms with Gasteiger partial charge in [-0.3, -0.25) is 0 Å². The average Bonchev–Trinajstić information content (AvgIpc) is 2.34. The lowest BCUT2D eigenvalue weighted by atomic mass is 10.1. The van der Waals surface area contributed by atoms with Gasteiger partial charge in [0.2, 0.25) is 0 Å². The molecule has 0 spiro atoms. The zero-order chi connectivity index (χ0) is 12.3. The maximum atomic E-state index is 13.5. The number of hydrogen-bond acceptors (Lipinski definition) is 3. The van der Waals surface area contributed by atoms with Gasteiger partial charge in [-0.1, -0.05) is 0 Å². The highest BCUT2D eigenvalue weighted by Crippen LogP contribution is 2.21. The minimum absolute atomic E-state index is 0.119. The SMILES string of the molecule is CNCc1ccc(-c2cc(F)ccc2F)nn1. The van der Waals surface area contributed by atoms with Crippen LogP contribution in [0.4, 0.5) is 8.78 Å². The van der Waals surface area contributed by atoms with Crippen molar-refractivity contribution in [3.05, 3.63) is 47.7 Å². The first-order valence-electron chi connectivity index (χ1n) is 5.13. The Kier molecular flexibility index (Phi) is 3.39. The second kappa shape index (κ2) is 4.97. The summed E-state index contributed by atoms with van der Waals surface area (Å²) in [5.74, 6) is -1.01. The van der Waals surface area contributed by atoms with Gasteiger partial charge in [0.25, 0.3) is 0 Å². The number of halogens is 2. The summed E-state index contributed by atoms with van der Waals surface area (Å²) in [6, 6.07) is 6.60. The molecule has 1 aromatic carbocycles. The fraction of sp³-hybridized carbons (Fsp3) is 0.167. The molecule has 0 bridgehead atoms. The molecular formula is C12H11F2N3. The Morgan fingerprint density at radius 1 is 1.12 bits per heavy atom. The van der Waals surface area contributed by atoms with E-state index in [2.05, 4.69) is 15.5 Å². The summed E-state index contributed by atoms with van der Waals surface area (Å²) in [5, 5.41) is 10.7. The van der Waals surface area contributed by atoms with Crippen LogP contribution in [0.3, 0.4) is 0 Å². The Hall–Kier alpha value is -1.88. The van der Waals surface area contributed by atoms with Gasteiger partial charge in [-0.25, -0.2) is 8.78 Å². The standard InChI is InChI=1S/C12H11F2N3/c1-15-7-9-3-5-12(17-16-9)10-6-8(13)2-4-11(10)14/h2-6,15H,7H2,1H3. The van der Waals surface area contributed by atoms with E-state index < -0.39 is 11.6 Å². The molecule has 0 saturated carbocycles. The third-order valence-electron chi connectivity index (χ3n) is 2.28. The molecular weight excluding hydrogens is 224 g/mol. The van der Waals surface area contributed by atoms with Gasteiger partial charge in [0.1, 0.15) is 11.6 Å². The van der Waals surface area contributed by atoms with Gasteiger partial charge in [-0.15, -0.1) is 0 Å². The molecule has 0 aliphatic rings. The molecule has 2 rings (SSSR count). The summed E-state index contributed by atoms with van der Waals surface area (Å²) in [5.41, 5.74) is 1.18. The highest BCUT2D eigenvalue weighted by Gasteiger charge is 2.08. The van der Waals surface area contributed by atoms with Crippen LogP contribution >= 0.6 is 0 Å². The number of nitrogens with one attached hydrogen (secondary N) is 1. The maximum absolute atomic E-state index is 13.5. The molecule has 0 unspecified atom stereocenters. The molecule has 0 saturated heterocycles. The van der Waals surface area contributed by atoms with Crippen molar-refractivity contribution in [3.63, 3.8) is 0 Å². The summed E-state index contributed by atoms with van der Waals surface area (Å²) >= 11 is 0. The maximum Gasteiger partial charge on any atom is 0.132 e. The first-order chi connectivity index (χ1) is 8.20. The van der Waals surface area contributed by atoms with E-state index in [1.165, 1.54) is 0 Å². The molecule has 0 fully saturated rings. The lowest BCUT2D eigenvalue weighted by Gasteiger charge is -2.03. The van der Waals surface area contributed by atoms with Crippen LogP contribution in [0.5, 0.6) is 0 Å². The summed E-state index contributed by atoms with van der Waals surface area (Å²) in [6.45, 7) is 0.582. The van der Waals surface area contributed by atoms with E-state index in [0.717, 1.165) is 23.9 Å². The lowest BCUT2D eigenvalue weighted by Crippen LogP contribution is -2.07. The third-order valence-corrected chi connectivity index (χ3v) is 2.28. The van der Waals surface area contributed by atoms with Crippen LogP contribution in [0.15, 0.2) is 30.3 Å². The fourth-order valence-corrected chi connectivity index (χ4v) is 1.47. The first kappa shape index (κ1) is 11.6. The molecule has 0 aliphatic carbocycles. The van der Waals surface area contributed by atoms with Gasteiger partial charge >= 0.3 is 0 Å². The summed E-state index contributed by atoms with van der Waals surface area (Å²) in [7, 11) is 1.79. The number of aromatic nitrogens is 2. The highest BCUT2D eigenvalue weighted by molar-refractivity contribution is 5.59. The van der Waals surface area contributed by atoms with Gasteiger partial charge in [0.05, 0.1) is 11.4 Å². The van der Waals surface area contributed by atoms with Gasteiger partial charge in [-0.2, -0.15) is 10.2 Å².